The molecule has 112 valence electrons. The monoisotopic (exact) mass is 279 g/mol. The van der Waals surface area contributed by atoms with Crippen molar-refractivity contribution in [2.45, 2.75) is 38.6 Å². The summed E-state index contributed by atoms with van der Waals surface area (Å²) in [6.45, 7) is 13.7. The third-order valence-electron chi connectivity index (χ3n) is 4.10. The fourth-order valence-electron chi connectivity index (χ4n) is 3.01. The van der Waals surface area contributed by atoms with E-state index in [-0.39, 0.29) is 23.8 Å². The lowest BCUT2D eigenvalue weighted by Gasteiger charge is -2.29. The third kappa shape index (κ3) is 3.13. The summed E-state index contributed by atoms with van der Waals surface area (Å²) in [4.78, 5) is 14.5. The Kier molecular flexibility index (Phi) is 4.66. The van der Waals surface area contributed by atoms with E-state index in [2.05, 4.69) is 13.2 Å². The first-order chi connectivity index (χ1) is 9.48. The van der Waals surface area contributed by atoms with Crippen molar-refractivity contribution in [1.82, 2.24) is 4.90 Å². The molecule has 20 heavy (non-hydrogen) atoms. The first-order valence-electron chi connectivity index (χ1n) is 7.34. The highest BCUT2D eigenvalue weighted by Gasteiger charge is 2.41. The van der Waals surface area contributed by atoms with Crippen LogP contribution in [0.15, 0.2) is 25.3 Å². The van der Waals surface area contributed by atoms with Crippen LogP contribution in [0.3, 0.4) is 0 Å². The fraction of sp³-hybridized carbons (Fsp3) is 0.688. The van der Waals surface area contributed by atoms with E-state index in [9.17, 15) is 4.79 Å². The standard InChI is InChI=1S/C16H25NO3/c1-5-12(14-11-19-16(3,4)20-14)13(6-2)15(18)17-9-7-8-10-17/h5-6,12-14H,1-2,7-11H2,3-4H3/t12-,13+,14-/m1/s1. The van der Waals surface area contributed by atoms with E-state index in [1.165, 1.54) is 0 Å². The number of likely N-dealkylation sites (tertiary alicyclic amines) is 1. The summed E-state index contributed by atoms with van der Waals surface area (Å²) in [5.74, 6) is -0.833. The Bertz CT molecular complexity index is 385. The number of amides is 1. The van der Waals surface area contributed by atoms with E-state index in [1.54, 1.807) is 12.2 Å². The molecule has 4 nitrogen and oxygen atoms in total. The van der Waals surface area contributed by atoms with Gasteiger partial charge in [0.25, 0.3) is 0 Å². The molecular weight excluding hydrogens is 254 g/mol. The lowest BCUT2D eigenvalue weighted by Crippen LogP contribution is -2.40. The van der Waals surface area contributed by atoms with Gasteiger partial charge in [0.15, 0.2) is 5.79 Å². The van der Waals surface area contributed by atoms with E-state index in [4.69, 9.17) is 9.47 Å². The summed E-state index contributed by atoms with van der Waals surface area (Å²) in [6.07, 6.45) is 5.56. The Morgan fingerprint density at radius 1 is 1.30 bits per heavy atom. The van der Waals surface area contributed by atoms with Crippen molar-refractivity contribution in [2.75, 3.05) is 19.7 Å². The number of hydrogen-bond donors (Lipinski definition) is 0. The van der Waals surface area contributed by atoms with Gasteiger partial charge in [0, 0.05) is 19.0 Å². The van der Waals surface area contributed by atoms with Crippen molar-refractivity contribution in [2.24, 2.45) is 11.8 Å². The van der Waals surface area contributed by atoms with Gasteiger partial charge in [-0.1, -0.05) is 12.2 Å². The minimum atomic E-state index is -0.589. The van der Waals surface area contributed by atoms with Crippen LogP contribution in [0.2, 0.25) is 0 Å². The molecule has 0 N–H and O–H groups in total. The second kappa shape index (κ2) is 6.10. The summed E-state index contributed by atoms with van der Waals surface area (Å²) < 4.78 is 11.5. The molecule has 2 fully saturated rings. The van der Waals surface area contributed by atoms with Crippen LogP contribution in [-0.4, -0.2) is 42.4 Å². The van der Waals surface area contributed by atoms with Gasteiger partial charge in [-0.15, -0.1) is 13.2 Å². The van der Waals surface area contributed by atoms with Gasteiger partial charge in [0.05, 0.1) is 18.6 Å². The molecule has 0 aliphatic carbocycles. The molecule has 1 amide bonds. The van der Waals surface area contributed by atoms with E-state index in [1.807, 2.05) is 18.7 Å². The molecule has 0 spiro atoms. The molecule has 0 aromatic rings. The van der Waals surface area contributed by atoms with E-state index in [0.717, 1.165) is 25.9 Å². The van der Waals surface area contributed by atoms with Crippen molar-refractivity contribution in [3.8, 4) is 0 Å². The zero-order valence-electron chi connectivity index (χ0n) is 12.5. The zero-order valence-corrected chi connectivity index (χ0v) is 12.5. The highest BCUT2D eigenvalue weighted by molar-refractivity contribution is 5.81. The van der Waals surface area contributed by atoms with Crippen LogP contribution >= 0.6 is 0 Å². The Morgan fingerprint density at radius 3 is 2.40 bits per heavy atom. The topological polar surface area (TPSA) is 38.8 Å². The number of hydrogen-bond acceptors (Lipinski definition) is 3. The first kappa shape index (κ1) is 15.3. The van der Waals surface area contributed by atoms with Gasteiger partial charge in [0.2, 0.25) is 5.91 Å². The van der Waals surface area contributed by atoms with Crippen LogP contribution < -0.4 is 0 Å². The number of nitrogens with zero attached hydrogens (tertiary/aromatic N) is 1. The van der Waals surface area contributed by atoms with Gasteiger partial charge >= 0.3 is 0 Å². The summed E-state index contributed by atoms with van der Waals surface area (Å²) in [7, 11) is 0. The minimum Gasteiger partial charge on any atom is -0.348 e. The van der Waals surface area contributed by atoms with Crippen LogP contribution in [0.1, 0.15) is 26.7 Å². The van der Waals surface area contributed by atoms with E-state index < -0.39 is 5.79 Å². The van der Waals surface area contributed by atoms with Crippen molar-refractivity contribution in [3.05, 3.63) is 25.3 Å². The van der Waals surface area contributed by atoms with Crippen LogP contribution in [0.25, 0.3) is 0 Å². The van der Waals surface area contributed by atoms with Crippen LogP contribution in [0.4, 0.5) is 0 Å². The lowest BCUT2D eigenvalue weighted by atomic mass is 9.86. The maximum absolute atomic E-state index is 12.6. The number of carbonyl (C=O) groups is 1. The largest absolute Gasteiger partial charge is 0.348 e. The van der Waals surface area contributed by atoms with Crippen molar-refractivity contribution in [1.29, 1.82) is 0 Å². The smallest absolute Gasteiger partial charge is 0.230 e. The molecule has 2 heterocycles. The molecule has 0 saturated carbocycles. The molecule has 0 radical (unpaired) electrons. The molecule has 2 aliphatic heterocycles. The molecule has 0 bridgehead atoms. The quantitative estimate of drug-likeness (QED) is 0.725. The Hall–Kier alpha value is -1.13. The number of rotatable bonds is 5. The van der Waals surface area contributed by atoms with Crippen molar-refractivity contribution in [3.63, 3.8) is 0 Å². The van der Waals surface area contributed by atoms with Gasteiger partial charge in [-0.25, -0.2) is 0 Å². The highest BCUT2D eigenvalue weighted by Crippen LogP contribution is 2.32. The van der Waals surface area contributed by atoms with Crippen molar-refractivity contribution < 1.29 is 14.3 Å². The molecule has 2 rings (SSSR count). The molecule has 3 atom stereocenters. The Morgan fingerprint density at radius 2 is 1.95 bits per heavy atom. The summed E-state index contributed by atoms with van der Waals surface area (Å²) in [5.41, 5.74) is 0. The van der Waals surface area contributed by atoms with E-state index in [0.29, 0.717) is 6.61 Å². The minimum absolute atomic E-state index is 0.0950. The number of ether oxygens (including phenoxy) is 2. The highest BCUT2D eigenvalue weighted by atomic mass is 16.7. The van der Waals surface area contributed by atoms with E-state index >= 15 is 0 Å². The Balaban J connectivity index is 2.09. The SMILES string of the molecule is C=C[C@H]([C@H](C=C)C(=O)N1CCCC1)[C@H]1COC(C)(C)O1. The summed E-state index contributed by atoms with van der Waals surface area (Å²) in [6, 6.07) is 0. The predicted molar refractivity (Wildman–Crippen MR) is 78.1 cm³/mol. The van der Waals surface area contributed by atoms with Gasteiger partial charge < -0.3 is 14.4 Å². The van der Waals surface area contributed by atoms with Crippen LogP contribution in [0.5, 0.6) is 0 Å². The molecule has 0 aromatic carbocycles. The first-order valence-corrected chi connectivity index (χ1v) is 7.34. The molecule has 0 unspecified atom stereocenters. The Labute approximate surface area is 121 Å². The zero-order chi connectivity index (χ0) is 14.8. The van der Waals surface area contributed by atoms with Gasteiger partial charge in [-0.05, 0) is 26.7 Å². The maximum atomic E-state index is 12.6. The van der Waals surface area contributed by atoms with Crippen LogP contribution in [-0.2, 0) is 14.3 Å². The second-order valence-corrected chi connectivity index (χ2v) is 5.97. The molecule has 2 saturated heterocycles. The average Bonchev–Trinajstić information content (AvgIpc) is 3.04. The van der Waals surface area contributed by atoms with Crippen molar-refractivity contribution >= 4 is 5.91 Å². The normalized spacial score (nSPS) is 28.1. The third-order valence-corrected chi connectivity index (χ3v) is 4.10. The van der Waals surface area contributed by atoms with Gasteiger partial charge in [0.1, 0.15) is 0 Å². The van der Waals surface area contributed by atoms with Gasteiger partial charge in [-0.3, -0.25) is 4.79 Å². The predicted octanol–water partition coefficient (Wildman–Crippen LogP) is 2.36. The average molecular weight is 279 g/mol. The van der Waals surface area contributed by atoms with Gasteiger partial charge in [-0.2, -0.15) is 0 Å². The number of carbonyl (C=O) groups excluding carboxylic acids is 1. The molecule has 4 heteroatoms. The maximum Gasteiger partial charge on any atom is 0.230 e. The van der Waals surface area contributed by atoms with Crippen LogP contribution in [0, 0.1) is 11.8 Å². The molecule has 2 aliphatic rings. The molecule has 0 aromatic heterocycles. The summed E-state index contributed by atoms with van der Waals surface area (Å²) >= 11 is 0. The molecular formula is C16H25NO3. The summed E-state index contributed by atoms with van der Waals surface area (Å²) in [5, 5.41) is 0. The fourth-order valence-corrected chi connectivity index (χ4v) is 3.01. The second-order valence-electron chi connectivity index (χ2n) is 5.97. The lowest BCUT2D eigenvalue weighted by molar-refractivity contribution is -0.149.